The third-order valence-corrected chi connectivity index (χ3v) is 12.3. The van der Waals surface area contributed by atoms with Gasteiger partial charge in [-0.3, -0.25) is 0 Å². The van der Waals surface area contributed by atoms with E-state index >= 15 is 0 Å². The highest BCUT2D eigenvalue weighted by atomic mass is 28.4. The molecule has 202 valence electrons. The van der Waals surface area contributed by atoms with E-state index in [9.17, 15) is 5.11 Å². The Bertz CT molecular complexity index is 1020. The molecule has 0 aromatic heterocycles. The molecule has 0 saturated carbocycles. The largest absolute Gasteiger partial charge is 0.413 e. The molecule has 0 aliphatic rings. The first-order valence-electron chi connectivity index (χ1n) is 13.9. The molecule has 0 aliphatic heterocycles. The standard InChI is InChI=1S/C34H44O3Si/c1-6-38(7-2,8-3)37-26-28(4)24-25-33(35)29(5)27-36-34(30-18-12-9-13-19-30,31-20-14-10-15-21-31)32-22-16-11-17-23-32/h9-25,29,33,35H,4,6-8,26-27H2,1-3,5H3/b25-24+/t29-,33-/m0/s1. The van der Waals surface area contributed by atoms with E-state index in [1.54, 1.807) is 0 Å². The van der Waals surface area contributed by atoms with Crippen LogP contribution in [0.4, 0.5) is 0 Å². The molecule has 4 heteroatoms. The molecule has 2 atom stereocenters. The molecule has 0 radical (unpaired) electrons. The Balaban J connectivity index is 1.79. The fourth-order valence-corrected chi connectivity index (χ4v) is 7.50. The fourth-order valence-electron chi connectivity index (χ4n) is 4.90. The van der Waals surface area contributed by atoms with Crippen LogP contribution in [0.3, 0.4) is 0 Å². The molecule has 1 N–H and O–H groups in total. The molecule has 0 fully saturated rings. The Morgan fingerprint density at radius 1 is 0.816 bits per heavy atom. The van der Waals surface area contributed by atoms with Crippen LogP contribution in [0, 0.1) is 5.92 Å². The summed E-state index contributed by atoms with van der Waals surface area (Å²) in [6.07, 6.45) is 3.06. The van der Waals surface area contributed by atoms with Gasteiger partial charge < -0.3 is 14.3 Å². The molecular weight excluding hydrogens is 484 g/mol. The minimum Gasteiger partial charge on any atom is -0.413 e. The molecule has 3 aromatic rings. The topological polar surface area (TPSA) is 38.7 Å². The summed E-state index contributed by atoms with van der Waals surface area (Å²) in [4.78, 5) is 0. The van der Waals surface area contributed by atoms with Crippen LogP contribution in [0.1, 0.15) is 44.4 Å². The molecule has 3 nitrogen and oxygen atoms in total. The number of aliphatic hydroxyl groups is 1. The van der Waals surface area contributed by atoms with Gasteiger partial charge in [0.2, 0.25) is 0 Å². The van der Waals surface area contributed by atoms with Gasteiger partial charge in [-0.25, -0.2) is 0 Å². The number of aliphatic hydroxyl groups excluding tert-OH is 1. The lowest BCUT2D eigenvalue weighted by atomic mass is 9.80. The van der Waals surface area contributed by atoms with Crippen molar-refractivity contribution >= 4 is 8.32 Å². The predicted octanol–water partition coefficient (Wildman–Crippen LogP) is 8.13. The van der Waals surface area contributed by atoms with Crippen LogP contribution < -0.4 is 0 Å². The predicted molar refractivity (Wildman–Crippen MR) is 162 cm³/mol. The van der Waals surface area contributed by atoms with Crippen molar-refractivity contribution in [1.29, 1.82) is 0 Å². The Morgan fingerprint density at radius 2 is 1.24 bits per heavy atom. The van der Waals surface area contributed by atoms with Crippen LogP contribution in [0.5, 0.6) is 0 Å². The number of hydrogen-bond donors (Lipinski definition) is 1. The molecule has 38 heavy (non-hydrogen) atoms. The zero-order valence-corrected chi connectivity index (χ0v) is 24.5. The zero-order chi connectivity index (χ0) is 27.4. The quantitative estimate of drug-likeness (QED) is 0.123. The van der Waals surface area contributed by atoms with Crippen LogP contribution in [0.2, 0.25) is 18.1 Å². The normalized spacial score (nSPS) is 13.9. The highest BCUT2D eigenvalue weighted by molar-refractivity contribution is 6.73. The first kappa shape index (κ1) is 29.8. The molecular formula is C34H44O3Si. The maximum atomic E-state index is 11.0. The maximum Gasteiger partial charge on any atom is 0.192 e. The Labute approximate surface area is 231 Å². The van der Waals surface area contributed by atoms with Crippen molar-refractivity contribution in [3.63, 3.8) is 0 Å². The Hall–Kier alpha value is -2.76. The van der Waals surface area contributed by atoms with Crippen LogP contribution in [0.25, 0.3) is 0 Å². The minimum absolute atomic E-state index is 0.133. The number of hydrogen-bond acceptors (Lipinski definition) is 3. The molecule has 3 rings (SSSR count). The minimum atomic E-state index is -1.67. The van der Waals surface area contributed by atoms with Crippen LogP contribution in [0.15, 0.2) is 115 Å². The van der Waals surface area contributed by atoms with Gasteiger partial charge in [0, 0.05) is 5.92 Å². The SMILES string of the molecule is C=C(/C=C/[C@H](O)[C@@H](C)COC(c1ccccc1)(c1ccccc1)c1ccccc1)CO[Si](CC)(CC)CC. The van der Waals surface area contributed by atoms with Crippen molar-refractivity contribution in [3.05, 3.63) is 132 Å². The van der Waals surface area contributed by atoms with Crippen molar-refractivity contribution in [2.75, 3.05) is 13.2 Å². The summed E-state index contributed by atoms with van der Waals surface area (Å²) in [7, 11) is -1.67. The van der Waals surface area contributed by atoms with E-state index in [0.717, 1.165) is 40.4 Å². The Kier molecular flexibility index (Phi) is 11.3. The molecule has 0 amide bonds. The van der Waals surface area contributed by atoms with Gasteiger partial charge in [0.15, 0.2) is 8.32 Å². The second kappa shape index (κ2) is 14.4. The van der Waals surface area contributed by atoms with Crippen molar-refractivity contribution in [3.8, 4) is 0 Å². The molecule has 0 heterocycles. The van der Waals surface area contributed by atoms with Crippen LogP contribution >= 0.6 is 0 Å². The van der Waals surface area contributed by atoms with E-state index in [1.165, 1.54) is 0 Å². The van der Waals surface area contributed by atoms with Gasteiger partial charge in [-0.05, 0) is 40.4 Å². The van der Waals surface area contributed by atoms with E-state index in [1.807, 2.05) is 73.7 Å². The van der Waals surface area contributed by atoms with Crippen molar-refractivity contribution in [2.45, 2.75) is 57.5 Å². The summed E-state index contributed by atoms with van der Waals surface area (Å²) in [6, 6.07) is 34.3. The molecule has 0 saturated heterocycles. The van der Waals surface area contributed by atoms with Gasteiger partial charge in [0.25, 0.3) is 0 Å². The van der Waals surface area contributed by atoms with Crippen LogP contribution in [-0.2, 0) is 14.8 Å². The van der Waals surface area contributed by atoms with Crippen molar-refractivity contribution < 1.29 is 14.3 Å². The third kappa shape index (κ3) is 7.21. The van der Waals surface area contributed by atoms with E-state index in [0.29, 0.717) is 13.2 Å². The highest BCUT2D eigenvalue weighted by Gasteiger charge is 2.38. The van der Waals surface area contributed by atoms with E-state index in [2.05, 4.69) is 63.7 Å². The lowest BCUT2D eigenvalue weighted by Crippen LogP contribution is -2.36. The number of benzene rings is 3. The van der Waals surface area contributed by atoms with Gasteiger partial charge >= 0.3 is 0 Å². The summed E-state index contributed by atoms with van der Waals surface area (Å²) in [5.74, 6) is -0.133. The van der Waals surface area contributed by atoms with Crippen LogP contribution in [-0.4, -0.2) is 32.7 Å². The molecule has 3 aromatic carbocycles. The first-order chi connectivity index (χ1) is 18.4. The van der Waals surface area contributed by atoms with E-state index in [-0.39, 0.29) is 5.92 Å². The molecule has 0 unspecified atom stereocenters. The van der Waals surface area contributed by atoms with E-state index in [4.69, 9.17) is 9.16 Å². The smallest absolute Gasteiger partial charge is 0.192 e. The monoisotopic (exact) mass is 528 g/mol. The average molecular weight is 529 g/mol. The number of ether oxygens (including phenoxy) is 1. The molecule has 0 aliphatic carbocycles. The van der Waals surface area contributed by atoms with Gasteiger partial charge in [0.05, 0.1) is 19.3 Å². The average Bonchev–Trinajstić information content (AvgIpc) is 2.98. The van der Waals surface area contributed by atoms with Gasteiger partial charge in [-0.15, -0.1) is 0 Å². The Morgan fingerprint density at radius 3 is 1.63 bits per heavy atom. The fraction of sp³-hybridized carbons (Fsp3) is 0.353. The van der Waals surface area contributed by atoms with Gasteiger partial charge in [-0.1, -0.05) is 137 Å². The highest BCUT2D eigenvalue weighted by Crippen LogP contribution is 2.40. The summed E-state index contributed by atoms with van der Waals surface area (Å²) >= 11 is 0. The lowest BCUT2D eigenvalue weighted by Gasteiger charge is -2.37. The van der Waals surface area contributed by atoms with Gasteiger partial charge in [-0.2, -0.15) is 0 Å². The summed E-state index contributed by atoms with van der Waals surface area (Å²) < 4.78 is 13.2. The number of rotatable bonds is 15. The van der Waals surface area contributed by atoms with Crippen molar-refractivity contribution in [1.82, 2.24) is 0 Å². The summed E-state index contributed by atoms with van der Waals surface area (Å²) in [5.41, 5.74) is 3.24. The maximum absolute atomic E-state index is 11.0. The van der Waals surface area contributed by atoms with Gasteiger partial charge in [0.1, 0.15) is 5.60 Å². The summed E-state index contributed by atoms with van der Waals surface area (Å²) in [6.45, 7) is 13.7. The lowest BCUT2D eigenvalue weighted by molar-refractivity contribution is -0.0246. The third-order valence-electron chi connectivity index (χ3n) is 7.71. The molecule has 0 bridgehead atoms. The molecule has 0 spiro atoms. The second-order valence-electron chi connectivity index (χ2n) is 10.1. The summed E-state index contributed by atoms with van der Waals surface area (Å²) in [5, 5.41) is 11.0. The first-order valence-corrected chi connectivity index (χ1v) is 16.4. The second-order valence-corrected chi connectivity index (χ2v) is 14.9. The van der Waals surface area contributed by atoms with Crippen molar-refractivity contribution in [2.24, 2.45) is 5.92 Å². The van der Waals surface area contributed by atoms with E-state index < -0.39 is 20.0 Å². The zero-order valence-electron chi connectivity index (χ0n) is 23.5.